The summed E-state index contributed by atoms with van der Waals surface area (Å²) in [5.41, 5.74) is 31.5. The number of ether oxygens (including phenoxy) is 3. The van der Waals surface area contributed by atoms with Gasteiger partial charge in [-0.05, 0) is 88.8 Å². The number of amides is 6. The average Bonchev–Trinajstić information content (AvgIpc) is 3.43. The molecule has 32 heteroatoms. The van der Waals surface area contributed by atoms with Crippen molar-refractivity contribution in [2.24, 2.45) is 49.4 Å². The first-order chi connectivity index (χ1) is 38.8. The summed E-state index contributed by atoms with van der Waals surface area (Å²) < 4.78 is 17.4. The van der Waals surface area contributed by atoms with E-state index in [9.17, 15) is 69.0 Å². The first-order valence-electron chi connectivity index (χ1n) is 25.3. The molecule has 24 N–H and O–H groups in total. The summed E-state index contributed by atoms with van der Waals surface area (Å²) in [5.74, 6) is -14.1. The maximum absolute atomic E-state index is 14.3. The van der Waals surface area contributed by atoms with E-state index >= 15 is 0 Å². The third-order valence-electron chi connectivity index (χ3n) is 12.2. The minimum absolute atomic E-state index is 0.0218. The maximum atomic E-state index is 14.3. The van der Waals surface area contributed by atoms with Gasteiger partial charge in [0.2, 0.25) is 17.7 Å². The Balaban J connectivity index is 1.76. The molecule has 0 spiro atoms. The van der Waals surface area contributed by atoms with Gasteiger partial charge in [-0.1, -0.05) is 18.2 Å². The first kappa shape index (κ1) is 64.5. The van der Waals surface area contributed by atoms with E-state index < -0.39 is 160 Å². The van der Waals surface area contributed by atoms with E-state index in [-0.39, 0.29) is 76.0 Å². The number of cyclic esters (lactones) is 2. The van der Waals surface area contributed by atoms with Crippen molar-refractivity contribution in [3.8, 4) is 34.5 Å². The van der Waals surface area contributed by atoms with Crippen molar-refractivity contribution in [3.63, 3.8) is 0 Å². The summed E-state index contributed by atoms with van der Waals surface area (Å²) in [6.07, 6.45) is -3.34. The highest BCUT2D eigenvalue weighted by molar-refractivity contribution is 6.02. The Labute approximate surface area is 468 Å². The van der Waals surface area contributed by atoms with Crippen LogP contribution in [0.5, 0.6) is 34.5 Å². The Morgan fingerprint density at radius 1 is 0.524 bits per heavy atom. The number of aromatic hydroxyl groups is 6. The number of benzene rings is 3. The molecule has 1 heterocycles. The number of guanidine groups is 3. The second-order valence-electron chi connectivity index (χ2n) is 18.4. The molecule has 0 aromatic heterocycles. The molecule has 32 nitrogen and oxygen atoms in total. The molecule has 4 rings (SSSR count). The molecular weight excluding hydrogens is 1080 g/mol. The van der Waals surface area contributed by atoms with Gasteiger partial charge in [0.25, 0.3) is 17.7 Å². The number of phenolic OH excluding ortho intramolecular Hbond substituents is 6. The fourth-order valence-electron chi connectivity index (χ4n) is 7.76. The highest BCUT2D eigenvalue weighted by atomic mass is 16.6. The van der Waals surface area contributed by atoms with Gasteiger partial charge in [0.15, 0.2) is 64.5 Å². The second kappa shape index (κ2) is 31.0. The lowest BCUT2D eigenvalue weighted by atomic mass is 10.1. The van der Waals surface area contributed by atoms with Gasteiger partial charge in [-0.3, -0.25) is 43.7 Å². The number of carbonyl (C=O) groups is 8. The number of nitrogens with one attached hydrogen (secondary N) is 6. The molecule has 82 heavy (non-hydrogen) atoms. The van der Waals surface area contributed by atoms with Gasteiger partial charge >= 0.3 is 11.9 Å². The van der Waals surface area contributed by atoms with Gasteiger partial charge in [0, 0.05) is 19.6 Å². The third-order valence-corrected chi connectivity index (χ3v) is 12.2. The molecule has 8 atom stereocenters. The molecule has 0 aliphatic carbocycles. The van der Waals surface area contributed by atoms with Gasteiger partial charge in [-0.15, -0.1) is 0 Å². The highest BCUT2D eigenvalue weighted by Gasteiger charge is 2.39. The van der Waals surface area contributed by atoms with E-state index in [2.05, 4.69) is 46.9 Å². The first-order valence-corrected chi connectivity index (χ1v) is 25.3. The van der Waals surface area contributed by atoms with Crippen molar-refractivity contribution in [1.82, 2.24) is 31.9 Å². The molecule has 0 bridgehead atoms. The van der Waals surface area contributed by atoms with Crippen LogP contribution in [0.15, 0.2) is 69.6 Å². The molecule has 6 amide bonds. The Kier molecular flexibility index (Phi) is 24.4. The maximum Gasteiger partial charge on any atom is 0.332 e. The lowest BCUT2D eigenvalue weighted by Gasteiger charge is -2.32. The Hall–Kier alpha value is -10.0. The number of para-hydroxylation sites is 3. The largest absolute Gasteiger partial charge is 0.504 e. The Morgan fingerprint density at radius 3 is 1.27 bits per heavy atom. The minimum Gasteiger partial charge on any atom is -0.504 e. The zero-order chi connectivity index (χ0) is 60.8. The summed E-state index contributed by atoms with van der Waals surface area (Å²) >= 11 is 0. The SMILES string of the molecule is C[C@H]1OC[C@@H](NC(=O)[C@H](CCCN=C(N)N)NC(=O)c2cccc(O)c2O)[C@@H](C)OC(=O)[C@@H](NC(=O)[C@H](CCCN=C(N)N)NC(=O)c2cccc(O)c2O)COC(=O)[C@H]1NC(=O)[C@H](CCCN=C(N)N)NC(=O)c1cccc(O)c1O. The zero-order valence-electron chi connectivity index (χ0n) is 44.6. The predicted octanol–water partition coefficient (Wildman–Crippen LogP) is -3.88. The highest BCUT2D eigenvalue weighted by Crippen LogP contribution is 2.30. The number of hydrogen-bond acceptors (Lipinski definition) is 20. The van der Waals surface area contributed by atoms with Crippen LogP contribution in [0.3, 0.4) is 0 Å². The van der Waals surface area contributed by atoms with E-state index in [0.29, 0.717) is 0 Å². The monoisotopic (exact) mass is 1150 g/mol. The van der Waals surface area contributed by atoms with Crippen molar-refractivity contribution in [2.45, 2.75) is 101 Å². The van der Waals surface area contributed by atoms with Crippen LogP contribution in [0.1, 0.15) is 83.4 Å². The molecule has 0 saturated carbocycles. The summed E-state index contributed by atoms with van der Waals surface area (Å²) in [6.45, 7) is 0.787. The number of carbonyl (C=O) groups excluding carboxylic acids is 8. The van der Waals surface area contributed by atoms with Gasteiger partial charge < -0.3 is 111 Å². The van der Waals surface area contributed by atoms with Crippen molar-refractivity contribution in [3.05, 3.63) is 71.3 Å². The van der Waals surface area contributed by atoms with E-state index in [0.717, 1.165) is 30.3 Å². The van der Waals surface area contributed by atoms with Crippen LogP contribution in [-0.4, -0.2) is 177 Å². The van der Waals surface area contributed by atoms with E-state index in [4.69, 9.17) is 48.6 Å². The molecule has 446 valence electrons. The number of hydrogen-bond donors (Lipinski definition) is 18. The summed E-state index contributed by atoms with van der Waals surface area (Å²) in [7, 11) is 0. The van der Waals surface area contributed by atoms with Gasteiger partial charge in [-0.25, -0.2) is 9.59 Å². The normalized spacial score (nSPS) is 18.3. The number of nitrogens with two attached hydrogens (primary N) is 6. The average molecular weight is 1150 g/mol. The van der Waals surface area contributed by atoms with Crippen molar-refractivity contribution >= 4 is 65.3 Å². The van der Waals surface area contributed by atoms with Crippen molar-refractivity contribution in [1.29, 1.82) is 0 Å². The molecule has 3 aromatic rings. The van der Waals surface area contributed by atoms with Crippen LogP contribution in [0.4, 0.5) is 0 Å². The van der Waals surface area contributed by atoms with E-state index in [1.54, 1.807) is 0 Å². The van der Waals surface area contributed by atoms with Crippen LogP contribution < -0.4 is 66.3 Å². The molecule has 1 fully saturated rings. The molecule has 1 aliphatic rings. The van der Waals surface area contributed by atoms with Crippen molar-refractivity contribution in [2.75, 3.05) is 32.8 Å². The lowest BCUT2D eigenvalue weighted by Crippen LogP contribution is -2.59. The smallest absolute Gasteiger partial charge is 0.332 e. The predicted molar refractivity (Wildman–Crippen MR) is 291 cm³/mol. The molecule has 1 aliphatic heterocycles. The number of phenols is 6. The Morgan fingerprint density at radius 2 is 0.890 bits per heavy atom. The van der Waals surface area contributed by atoms with Crippen LogP contribution in [-0.2, 0) is 38.2 Å². The third kappa shape index (κ3) is 19.4. The van der Waals surface area contributed by atoms with Gasteiger partial charge in [0.05, 0.1) is 35.4 Å². The number of aliphatic imine (C=N–C) groups is 3. The fourth-order valence-corrected chi connectivity index (χ4v) is 7.76. The van der Waals surface area contributed by atoms with Gasteiger partial charge in [-0.2, -0.15) is 0 Å². The minimum atomic E-state index is -1.95. The fraction of sp³-hybridized carbons (Fsp3) is 0.420. The van der Waals surface area contributed by atoms with E-state index in [1.165, 1.54) is 38.1 Å². The van der Waals surface area contributed by atoms with Gasteiger partial charge in [0.1, 0.15) is 30.8 Å². The van der Waals surface area contributed by atoms with Crippen LogP contribution in [0.25, 0.3) is 0 Å². The summed E-state index contributed by atoms with van der Waals surface area (Å²) in [4.78, 5) is 124. The van der Waals surface area contributed by atoms with Crippen molar-refractivity contribution < 1.29 is 83.2 Å². The number of nitrogens with zero attached hydrogens (tertiary/aromatic N) is 3. The lowest BCUT2D eigenvalue weighted by molar-refractivity contribution is -0.164. The standard InChI is InChI=1S/C50H69N15O17/c1-23-31(63-43(75)28(12-6-18-57-48(51)52)60-40(72)25-9-3-15-33(66)37(25)69)21-80-24(2)36(65-45(77)30(14-8-20-59-50(55)56)62-42(74)27-11-5-17-35(68)39(27)71)47(79)81-22-32(46(78)82-23)64-44(76)29(13-7-19-58-49(53)54)61-41(73)26-10-4-16-34(67)38(26)70/h3-5,9-11,15-17,23-24,28-32,36,66-71H,6-8,12-14,18-22H2,1-2H3,(H,60,72)(H,61,73)(H,62,74)(H,63,75)(H,64,76)(H,65,77)(H4,51,52,57)(H4,53,54,58)(H4,55,56,59)/t23-,24-,28+,29+,30+,31-,32+,36+/m1/s1. The number of rotatable bonds is 24. The molecule has 0 radical (unpaired) electrons. The molecule has 1 saturated heterocycles. The van der Waals surface area contributed by atoms with Crippen LogP contribution >= 0.6 is 0 Å². The number of esters is 2. The summed E-state index contributed by atoms with van der Waals surface area (Å²) in [5, 5.41) is 76.4. The Bertz CT molecular complexity index is 2870. The topological polar surface area (TPSA) is 551 Å². The quantitative estimate of drug-likeness (QED) is 0.0134. The van der Waals surface area contributed by atoms with E-state index in [1.807, 2.05) is 0 Å². The second-order valence-corrected chi connectivity index (χ2v) is 18.4. The summed E-state index contributed by atoms with van der Waals surface area (Å²) in [6, 6.07) is 0.722. The molecule has 3 aromatic carbocycles. The molecular formula is C50H69N15O17. The van der Waals surface area contributed by atoms with Crippen LogP contribution in [0.2, 0.25) is 0 Å². The molecule has 0 unspecified atom stereocenters. The zero-order valence-corrected chi connectivity index (χ0v) is 44.6. The van der Waals surface area contributed by atoms with Crippen LogP contribution in [0, 0.1) is 0 Å².